The molecular weight excluding hydrogens is 364 g/mol. The van der Waals surface area contributed by atoms with Gasteiger partial charge in [-0.1, -0.05) is 29.8 Å². The van der Waals surface area contributed by atoms with Crippen LogP contribution >= 0.6 is 23.8 Å². The smallest absolute Gasteiger partial charge is 0.326 e. The maximum atomic E-state index is 12.3. The summed E-state index contributed by atoms with van der Waals surface area (Å²) in [6.45, 7) is 3.97. The summed E-state index contributed by atoms with van der Waals surface area (Å²) in [4.78, 5) is 27.5. The van der Waals surface area contributed by atoms with Crippen LogP contribution in [-0.4, -0.2) is 34.7 Å². The minimum absolute atomic E-state index is 0.157. The summed E-state index contributed by atoms with van der Waals surface area (Å²) in [5.41, 5.74) is 1.19. The monoisotopic (exact) mass is 382 g/mol. The number of carbonyl (C=O) groups excluding carboxylic acids is 2. The second-order valence-corrected chi connectivity index (χ2v) is 5.93. The van der Waals surface area contributed by atoms with Crippen molar-refractivity contribution in [1.29, 1.82) is 0 Å². The van der Waals surface area contributed by atoms with Crippen molar-refractivity contribution in [2.75, 3.05) is 13.2 Å². The van der Waals surface area contributed by atoms with Crippen LogP contribution in [0.1, 0.15) is 31.0 Å². The predicted molar refractivity (Wildman–Crippen MR) is 96.2 cm³/mol. The summed E-state index contributed by atoms with van der Waals surface area (Å²) < 4.78 is 12.1. The Bertz CT molecular complexity index is 797. The minimum atomic E-state index is -1.21. The lowest BCUT2D eigenvalue weighted by Gasteiger charge is -2.17. The van der Waals surface area contributed by atoms with E-state index < -0.39 is 17.9 Å². The van der Waals surface area contributed by atoms with Gasteiger partial charge in [-0.15, -0.1) is 0 Å². The van der Waals surface area contributed by atoms with E-state index in [-0.39, 0.29) is 13.2 Å². The van der Waals surface area contributed by atoms with Gasteiger partial charge in [-0.2, -0.15) is 0 Å². The largest absolute Gasteiger partial charge is 0.465 e. The fourth-order valence-corrected chi connectivity index (χ4v) is 2.82. The SMILES string of the molecule is CCOC(=O)C(C(=O)OCC)c1c[nH]c(=S)n1Cc1ccccc1Cl. The van der Waals surface area contributed by atoms with Gasteiger partial charge < -0.3 is 19.0 Å². The molecule has 25 heavy (non-hydrogen) atoms. The van der Waals surface area contributed by atoms with Gasteiger partial charge in [-0.05, 0) is 37.7 Å². The second kappa shape index (κ2) is 8.82. The number of benzene rings is 1. The number of hydrogen-bond donors (Lipinski definition) is 1. The molecule has 0 spiro atoms. The number of imidazole rings is 1. The summed E-state index contributed by atoms with van der Waals surface area (Å²) in [5, 5.41) is 0.570. The first-order chi connectivity index (χ1) is 12.0. The number of H-pyrrole nitrogens is 1. The molecule has 1 aromatic carbocycles. The third kappa shape index (κ3) is 4.49. The number of nitrogens with zero attached hydrogens (tertiary/aromatic N) is 1. The lowest BCUT2D eigenvalue weighted by Crippen LogP contribution is -2.28. The van der Waals surface area contributed by atoms with Crippen LogP contribution < -0.4 is 0 Å². The molecular formula is C17H19ClN2O4S. The Kier molecular flexibility index (Phi) is 6.78. The van der Waals surface area contributed by atoms with Gasteiger partial charge in [0.1, 0.15) is 0 Å². The molecule has 8 heteroatoms. The Morgan fingerprint density at radius 1 is 1.20 bits per heavy atom. The van der Waals surface area contributed by atoms with Crippen molar-refractivity contribution in [3.63, 3.8) is 0 Å². The van der Waals surface area contributed by atoms with Crippen molar-refractivity contribution in [1.82, 2.24) is 9.55 Å². The molecule has 0 saturated carbocycles. The lowest BCUT2D eigenvalue weighted by atomic mass is 10.1. The second-order valence-electron chi connectivity index (χ2n) is 5.13. The fraction of sp³-hybridized carbons (Fsp3) is 0.353. The standard InChI is InChI=1S/C17H19ClN2O4S/c1-3-23-15(21)14(16(22)24-4-2)13-9-19-17(25)20(13)10-11-7-5-6-8-12(11)18/h5-9,14H,3-4,10H2,1-2H3,(H,19,25). The molecule has 0 atom stereocenters. The molecule has 0 aliphatic rings. The Hall–Kier alpha value is -2.12. The topological polar surface area (TPSA) is 73.3 Å². The summed E-state index contributed by atoms with van der Waals surface area (Å²) in [6.07, 6.45) is 1.53. The number of rotatable bonds is 7. The fourth-order valence-electron chi connectivity index (χ4n) is 2.40. The molecule has 0 amide bonds. The molecule has 1 N–H and O–H groups in total. The molecule has 2 rings (SSSR count). The highest BCUT2D eigenvalue weighted by Crippen LogP contribution is 2.23. The van der Waals surface area contributed by atoms with E-state index in [1.165, 1.54) is 6.20 Å². The molecule has 0 aliphatic heterocycles. The highest BCUT2D eigenvalue weighted by atomic mass is 35.5. The molecule has 0 unspecified atom stereocenters. The van der Waals surface area contributed by atoms with Crippen LogP contribution in [0.5, 0.6) is 0 Å². The number of hydrogen-bond acceptors (Lipinski definition) is 5. The molecule has 1 heterocycles. The van der Waals surface area contributed by atoms with E-state index >= 15 is 0 Å². The van der Waals surface area contributed by atoms with E-state index in [1.54, 1.807) is 24.5 Å². The Morgan fingerprint density at radius 3 is 2.36 bits per heavy atom. The van der Waals surface area contributed by atoms with E-state index in [1.807, 2.05) is 18.2 Å². The van der Waals surface area contributed by atoms with Crippen molar-refractivity contribution in [2.24, 2.45) is 0 Å². The number of ether oxygens (including phenoxy) is 2. The normalized spacial score (nSPS) is 10.7. The van der Waals surface area contributed by atoms with Crippen LogP contribution in [0.4, 0.5) is 0 Å². The molecule has 0 bridgehead atoms. The number of halogens is 1. The summed E-state index contributed by atoms with van der Waals surface area (Å²) in [7, 11) is 0. The van der Waals surface area contributed by atoms with Crippen molar-refractivity contribution in [3.05, 3.63) is 51.5 Å². The zero-order valence-corrected chi connectivity index (χ0v) is 15.5. The third-order valence-electron chi connectivity index (χ3n) is 3.53. The van der Waals surface area contributed by atoms with E-state index in [0.717, 1.165) is 5.56 Å². The summed E-state index contributed by atoms with van der Waals surface area (Å²) >= 11 is 11.5. The van der Waals surface area contributed by atoms with Crippen LogP contribution in [-0.2, 0) is 25.6 Å². The minimum Gasteiger partial charge on any atom is -0.465 e. The van der Waals surface area contributed by atoms with Crippen molar-refractivity contribution in [2.45, 2.75) is 26.3 Å². The van der Waals surface area contributed by atoms with E-state index in [2.05, 4.69) is 4.98 Å². The van der Waals surface area contributed by atoms with Crippen LogP contribution in [0.25, 0.3) is 0 Å². The first-order valence-electron chi connectivity index (χ1n) is 7.84. The highest BCUT2D eigenvalue weighted by molar-refractivity contribution is 7.71. The zero-order valence-electron chi connectivity index (χ0n) is 14.0. The molecule has 134 valence electrons. The van der Waals surface area contributed by atoms with Crippen molar-refractivity contribution < 1.29 is 19.1 Å². The molecule has 0 aliphatic carbocycles. The average Bonchev–Trinajstić information content (AvgIpc) is 2.91. The molecule has 6 nitrogen and oxygen atoms in total. The lowest BCUT2D eigenvalue weighted by molar-refractivity contribution is -0.157. The van der Waals surface area contributed by atoms with E-state index in [9.17, 15) is 9.59 Å². The van der Waals surface area contributed by atoms with Crippen molar-refractivity contribution >= 4 is 35.8 Å². The number of esters is 2. The van der Waals surface area contributed by atoms with Crippen LogP contribution in [0.2, 0.25) is 5.02 Å². The highest BCUT2D eigenvalue weighted by Gasteiger charge is 2.34. The average molecular weight is 383 g/mol. The van der Waals surface area contributed by atoms with Crippen LogP contribution in [0.15, 0.2) is 30.5 Å². The number of aromatic amines is 1. The van der Waals surface area contributed by atoms with Gasteiger partial charge in [0.05, 0.1) is 25.5 Å². The van der Waals surface area contributed by atoms with Crippen molar-refractivity contribution in [3.8, 4) is 0 Å². The maximum Gasteiger partial charge on any atom is 0.326 e. The quantitative estimate of drug-likeness (QED) is 0.451. The van der Waals surface area contributed by atoms with E-state index in [4.69, 9.17) is 33.3 Å². The van der Waals surface area contributed by atoms with Gasteiger partial charge >= 0.3 is 11.9 Å². The number of aromatic nitrogens is 2. The third-order valence-corrected chi connectivity index (χ3v) is 4.23. The molecule has 0 radical (unpaired) electrons. The summed E-state index contributed by atoms with van der Waals surface area (Å²) in [6, 6.07) is 7.29. The first kappa shape index (κ1) is 19.2. The van der Waals surface area contributed by atoms with Gasteiger partial charge in [0.25, 0.3) is 0 Å². The Labute approximate surface area is 155 Å². The summed E-state index contributed by atoms with van der Waals surface area (Å²) in [5.74, 6) is -2.57. The number of nitrogens with one attached hydrogen (secondary N) is 1. The van der Waals surface area contributed by atoms with Gasteiger partial charge in [0.2, 0.25) is 0 Å². The van der Waals surface area contributed by atoms with Gasteiger partial charge in [-0.25, -0.2) is 0 Å². The molecule has 0 saturated heterocycles. The Balaban J connectivity index is 2.45. The van der Waals surface area contributed by atoms with Gasteiger partial charge in [0, 0.05) is 11.2 Å². The van der Waals surface area contributed by atoms with Crippen LogP contribution in [0.3, 0.4) is 0 Å². The zero-order chi connectivity index (χ0) is 18.4. The molecule has 2 aromatic rings. The predicted octanol–water partition coefficient (Wildman–Crippen LogP) is 3.46. The van der Waals surface area contributed by atoms with Gasteiger partial charge in [0.15, 0.2) is 10.7 Å². The maximum absolute atomic E-state index is 12.3. The Morgan fingerprint density at radius 2 is 1.80 bits per heavy atom. The first-order valence-corrected chi connectivity index (χ1v) is 8.63. The van der Waals surface area contributed by atoms with Gasteiger partial charge in [-0.3, -0.25) is 9.59 Å². The van der Waals surface area contributed by atoms with Crippen LogP contribution in [0, 0.1) is 4.77 Å². The molecule has 0 fully saturated rings. The van der Waals surface area contributed by atoms with E-state index in [0.29, 0.717) is 22.0 Å². The molecule has 1 aromatic heterocycles. The number of carbonyl (C=O) groups is 2.